The first kappa shape index (κ1) is 19.1. The van der Waals surface area contributed by atoms with Gasteiger partial charge in [0.15, 0.2) is 0 Å². The number of sulfone groups is 1. The fourth-order valence-electron chi connectivity index (χ4n) is 1.47. The van der Waals surface area contributed by atoms with Crippen LogP contribution in [0.5, 0.6) is 0 Å². The maximum Gasteiger partial charge on any atom is 0.206 e. The van der Waals surface area contributed by atoms with Gasteiger partial charge in [-0.2, -0.15) is 0 Å². The maximum atomic E-state index is 12.2. The lowest BCUT2D eigenvalue weighted by Crippen LogP contribution is -2.07. The summed E-state index contributed by atoms with van der Waals surface area (Å²) in [6.07, 6.45) is 0. The number of hydrazine groups is 1. The molecule has 0 aliphatic rings. The zero-order valence-corrected chi connectivity index (χ0v) is 13.8. The summed E-state index contributed by atoms with van der Waals surface area (Å²) in [7, 11) is -3.43. The van der Waals surface area contributed by atoms with Crippen molar-refractivity contribution in [2.75, 3.05) is 5.43 Å². The Balaban J connectivity index is 0.000000921. The van der Waals surface area contributed by atoms with E-state index in [1.54, 1.807) is 42.5 Å². The van der Waals surface area contributed by atoms with Gasteiger partial charge in [-0.3, -0.25) is 5.84 Å². The van der Waals surface area contributed by atoms with Crippen LogP contribution in [0.1, 0.15) is 27.7 Å². The van der Waals surface area contributed by atoms with Gasteiger partial charge < -0.3 is 5.43 Å². The molecule has 0 fully saturated rings. The monoisotopic (exact) mass is 308 g/mol. The van der Waals surface area contributed by atoms with Crippen LogP contribution in [0.4, 0.5) is 5.69 Å². The van der Waals surface area contributed by atoms with Crippen molar-refractivity contribution in [2.45, 2.75) is 37.5 Å². The van der Waals surface area contributed by atoms with E-state index >= 15 is 0 Å². The van der Waals surface area contributed by atoms with Crippen molar-refractivity contribution in [1.29, 1.82) is 0 Å². The Morgan fingerprint density at radius 2 is 1.19 bits per heavy atom. The molecule has 0 saturated carbocycles. The Hall–Kier alpha value is -1.85. The molecule has 0 aliphatic heterocycles. The van der Waals surface area contributed by atoms with Crippen LogP contribution >= 0.6 is 0 Å². The van der Waals surface area contributed by atoms with E-state index in [1.807, 2.05) is 27.7 Å². The normalized spacial score (nSPS) is 9.57. The summed E-state index contributed by atoms with van der Waals surface area (Å²) in [5, 5.41) is 0. The quantitative estimate of drug-likeness (QED) is 0.667. The lowest BCUT2D eigenvalue weighted by molar-refractivity contribution is 0.596. The van der Waals surface area contributed by atoms with Crippen molar-refractivity contribution in [3.63, 3.8) is 0 Å². The molecule has 3 N–H and O–H groups in total. The largest absolute Gasteiger partial charge is 0.324 e. The van der Waals surface area contributed by atoms with Gasteiger partial charge in [-0.05, 0) is 36.4 Å². The molecule has 21 heavy (non-hydrogen) atoms. The molecule has 4 nitrogen and oxygen atoms in total. The number of hydrogen-bond acceptors (Lipinski definition) is 4. The molecule has 0 amide bonds. The Bertz CT molecular complexity index is 594. The average Bonchev–Trinajstić information content (AvgIpc) is 2.59. The van der Waals surface area contributed by atoms with Crippen LogP contribution in [-0.4, -0.2) is 8.42 Å². The molecular formula is C16H24N2O2S. The molecule has 0 radical (unpaired) electrons. The third kappa shape index (κ3) is 5.21. The van der Waals surface area contributed by atoms with Gasteiger partial charge in [0.25, 0.3) is 0 Å². The SMILES string of the molecule is CC.CC.NNc1ccc(S(=O)(=O)c2ccccc2)cc1. The Kier molecular flexibility index (Phi) is 9.08. The van der Waals surface area contributed by atoms with E-state index in [0.717, 1.165) is 0 Å². The minimum atomic E-state index is -3.43. The molecule has 0 spiro atoms. The minimum Gasteiger partial charge on any atom is -0.324 e. The fourth-order valence-corrected chi connectivity index (χ4v) is 2.75. The first-order valence-electron chi connectivity index (χ1n) is 7.01. The van der Waals surface area contributed by atoms with Gasteiger partial charge in [-0.25, -0.2) is 8.42 Å². The molecule has 0 saturated heterocycles. The Morgan fingerprint density at radius 1 is 0.762 bits per heavy atom. The van der Waals surface area contributed by atoms with Crippen LogP contribution in [0.3, 0.4) is 0 Å². The highest BCUT2D eigenvalue weighted by atomic mass is 32.2. The number of benzene rings is 2. The molecule has 0 bridgehead atoms. The number of anilines is 1. The number of hydrogen-bond donors (Lipinski definition) is 2. The number of nitrogen functional groups attached to an aromatic ring is 1. The van der Waals surface area contributed by atoms with Crippen LogP contribution < -0.4 is 11.3 Å². The van der Waals surface area contributed by atoms with Crippen LogP contribution in [-0.2, 0) is 9.84 Å². The highest BCUT2D eigenvalue weighted by Crippen LogP contribution is 2.21. The van der Waals surface area contributed by atoms with E-state index in [9.17, 15) is 8.42 Å². The third-order valence-corrected chi connectivity index (χ3v) is 4.17. The fraction of sp³-hybridized carbons (Fsp3) is 0.250. The van der Waals surface area contributed by atoms with Gasteiger partial charge in [-0.1, -0.05) is 45.9 Å². The molecule has 0 unspecified atom stereocenters. The molecule has 0 heterocycles. The smallest absolute Gasteiger partial charge is 0.206 e. The molecule has 2 rings (SSSR count). The molecule has 2 aromatic carbocycles. The second-order valence-electron chi connectivity index (χ2n) is 3.49. The molecule has 2 aromatic rings. The highest BCUT2D eigenvalue weighted by Gasteiger charge is 2.16. The number of rotatable bonds is 3. The maximum absolute atomic E-state index is 12.2. The Labute approximate surface area is 127 Å². The summed E-state index contributed by atoms with van der Waals surface area (Å²) in [5.74, 6) is 5.22. The second-order valence-corrected chi connectivity index (χ2v) is 5.43. The minimum absolute atomic E-state index is 0.253. The lowest BCUT2D eigenvalue weighted by atomic mass is 10.3. The summed E-state index contributed by atoms with van der Waals surface area (Å²) in [6, 6.07) is 14.6. The van der Waals surface area contributed by atoms with E-state index in [2.05, 4.69) is 5.43 Å². The highest BCUT2D eigenvalue weighted by molar-refractivity contribution is 7.91. The van der Waals surface area contributed by atoms with Crippen molar-refractivity contribution in [3.05, 3.63) is 54.6 Å². The molecule has 0 atom stereocenters. The average molecular weight is 308 g/mol. The zero-order valence-electron chi connectivity index (χ0n) is 13.0. The predicted octanol–water partition coefficient (Wildman–Crippen LogP) is 3.86. The Morgan fingerprint density at radius 3 is 1.62 bits per heavy atom. The van der Waals surface area contributed by atoms with Gasteiger partial charge in [-0.15, -0.1) is 0 Å². The van der Waals surface area contributed by atoms with E-state index in [1.165, 1.54) is 12.1 Å². The summed E-state index contributed by atoms with van der Waals surface area (Å²) >= 11 is 0. The molecule has 0 aliphatic carbocycles. The predicted molar refractivity (Wildman–Crippen MR) is 88.8 cm³/mol. The zero-order chi connectivity index (χ0) is 16.3. The van der Waals surface area contributed by atoms with Crippen molar-refractivity contribution >= 4 is 15.5 Å². The van der Waals surface area contributed by atoms with Crippen LogP contribution in [0.15, 0.2) is 64.4 Å². The van der Waals surface area contributed by atoms with E-state index in [0.29, 0.717) is 5.69 Å². The first-order chi connectivity index (χ1) is 10.1. The summed E-state index contributed by atoms with van der Waals surface area (Å²) < 4.78 is 24.4. The van der Waals surface area contributed by atoms with Crippen LogP contribution in [0, 0.1) is 0 Å². The standard InChI is InChI=1S/C12H12N2O2S.2C2H6/c13-14-10-6-8-12(9-7-10)17(15,16)11-4-2-1-3-5-11;2*1-2/h1-9,14H,13H2;2*1-2H3. The summed E-state index contributed by atoms with van der Waals surface area (Å²) in [4.78, 5) is 0.538. The van der Waals surface area contributed by atoms with Crippen molar-refractivity contribution in [2.24, 2.45) is 5.84 Å². The molecule has 116 valence electrons. The van der Waals surface area contributed by atoms with Gasteiger partial charge in [0, 0.05) is 5.69 Å². The van der Waals surface area contributed by atoms with Crippen molar-refractivity contribution in [1.82, 2.24) is 0 Å². The van der Waals surface area contributed by atoms with Gasteiger partial charge in [0.05, 0.1) is 9.79 Å². The second kappa shape index (κ2) is 9.96. The van der Waals surface area contributed by atoms with E-state index in [4.69, 9.17) is 5.84 Å². The van der Waals surface area contributed by atoms with Crippen molar-refractivity contribution < 1.29 is 8.42 Å². The van der Waals surface area contributed by atoms with Crippen molar-refractivity contribution in [3.8, 4) is 0 Å². The van der Waals surface area contributed by atoms with Crippen LogP contribution in [0.2, 0.25) is 0 Å². The van der Waals surface area contributed by atoms with Crippen LogP contribution in [0.25, 0.3) is 0 Å². The molecule has 5 heteroatoms. The van der Waals surface area contributed by atoms with Gasteiger partial charge in [0.2, 0.25) is 9.84 Å². The topological polar surface area (TPSA) is 72.2 Å². The molecule has 0 aromatic heterocycles. The summed E-state index contributed by atoms with van der Waals surface area (Å²) in [6.45, 7) is 8.00. The van der Waals surface area contributed by atoms with Gasteiger partial charge >= 0.3 is 0 Å². The number of nitrogens with two attached hydrogens (primary N) is 1. The van der Waals surface area contributed by atoms with E-state index < -0.39 is 9.84 Å². The third-order valence-electron chi connectivity index (χ3n) is 2.38. The van der Waals surface area contributed by atoms with Gasteiger partial charge in [0.1, 0.15) is 0 Å². The summed E-state index contributed by atoms with van der Waals surface area (Å²) in [5.41, 5.74) is 3.11. The number of nitrogens with one attached hydrogen (secondary N) is 1. The lowest BCUT2D eigenvalue weighted by Gasteiger charge is -2.05. The first-order valence-corrected chi connectivity index (χ1v) is 8.50. The van der Waals surface area contributed by atoms with E-state index in [-0.39, 0.29) is 9.79 Å². The molecular weight excluding hydrogens is 284 g/mol.